The third kappa shape index (κ3) is 4.01. The van der Waals surface area contributed by atoms with Gasteiger partial charge in [-0.3, -0.25) is 0 Å². The van der Waals surface area contributed by atoms with E-state index < -0.39 is 10.0 Å². The van der Waals surface area contributed by atoms with Crippen LogP contribution in [0.1, 0.15) is 20.3 Å². The SMILES string of the molecule is CC(C)NCCS(=O)(=O)N(C)C1CCOC1. The molecule has 1 atom stereocenters. The minimum absolute atomic E-state index is 0.0176. The lowest BCUT2D eigenvalue weighted by molar-refractivity contribution is 0.181. The Bertz CT molecular complexity index is 297. The highest BCUT2D eigenvalue weighted by molar-refractivity contribution is 7.89. The van der Waals surface area contributed by atoms with Crippen molar-refractivity contribution in [2.45, 2.75) is 32.4 Å². The van der Waals surface area contributed by atoms with Gasteiger partial charge in [-0.15, -0.1) is 0 Å². The lowest BCUT2D eigenvalue weighted by atomic mass is 10.3. The molecule has 0 bridgehead atoms. The number of rotatable bonds is 6. The van der Waals surface area contributed by atoms with Crippen LogP contribution in [0.5, 0.6) is 0 Å². The molecule has 0 spiro atoms. The topological polar surface area (TPSA) is 58.6 Å². The van der Waals surface area contributed by atoms with Crippen LogP contribution in [0, 0.1) is 0 Å². The number of ether oxygens (including phenoxy) is 1. The number of nitrogens with one attached hydrogen (secondary N) is 1. The second-order valence-electron chi connectivity index (χ2n) is 4.46. The van der Waals surface area contributed by atoms with Gasteiger partial charge in [0.1, 0.15) is 0 Å². The van der Waals surface area contributed by atoms with Crippen LogP contribution >= 0.6 is 0 Å². The second kappa shape index (κ2) is 5.95. The van der Waals surface area contributed by atoms with Crippen LogP contribution in [0.25, 0.3) is 0 Å². The Kier molecular flexibility index (Phi) is 5.17. The first-order valence-electron chi connectivity index (χ1n) is 5.70. The van der Waals surface area contributed by atoms with Crippen molar-refractivity contribution in [2.24, 2.45) is 0 Å². The predicted octanol–water partition coefficient (Wildman–Crippen LogP) is 0.0349. The molecule has 1 saturated heterocycles. The van der Waals surface area contributed by atoms with E-state index >= 15 is 0 Å². The van der Waals surface area contributed by atoms with Crippen LogP contribution in [0.3, 0.4) is 0 Å². The van der Waals surface area contributed by atoms with E-state index in [4.69, 9.17) is 4.74 Å². The molecule has 0 aromatic rings. The standard InChI is InChI=1S/C10H22N2O3S/c1-9(2)11-5-7-16(13,14)12(3)10-4-6-15-8-10/h9-11H,4-8H2,1-3H3. The lowest BCUT2D eigenvalue weighted by Gasteiger charge is -2.22. The van der Waals surface area contributed by atoms with Crippen LogP contribution < -0.4 is 5.32 Å². The number of nitrogens with zero attached hydrogens (tertiary/aromatic N) is 1. The highest BCUT2D eigenvalue weighted by Gasteiger charge is 2.28. The van der Waals surface area contributed by atoms with Gasteiger partial charge in [-0.1, -0.05) is 13.8 Å². The summed E-state index contributed by atoms with van der Waals surface area (Å²) in [4.78, 5) is 0. The minimum atomic E-state index is -3.15. The van der Waals surface area contributed by atoms with E-state index in [1.807, 2.05) is 13.8 Å². The van der Waals surface area contributed by atoms with Gasteiger partial charge in [0.2, 0.25) is 10.0 Å². The fourth-order valence-corrected chi connectivity index (χ4v) is 2.94. The molecular formula is C10H22N2O3S. The molecule has 0 aromatic heterocycles. The summed E-state index contributed by atoms with van der Waals surface area (Å²) in [5.41, 5.74) is 0. The predicted molar refractivity (Wildman–Crippen MR) is 63.9 cm³/mol. The van der Waals surface area contributed by atoms with E-state index in [0.29, 0.717) is 25.8 Å². The summed E-state index contributed by atoms with van der Waals surface area (Å²) in [5, 5.41) is 3.11. The molecule has 0 amide bonds. The van der Waals surface area contributed by atoms with Crippen LogP contribution in [0.2, 0.25) is 0 Å². The van der Waals surface area contributed by atoms with Crippen molar-refractivity contribution in [3.63, 3.8) is 0 Å². The van der Waals surface area contributed by atoms with Gasteiger partial charge >= 0.3 is 0 Å². The summed E-state index contributed by atoms with van der Waals surface area (Å²) < 4.78 is 30.5. The second-order valence-corrected chi connectivity index (χ2v) is 6.61. The Morgan fingerprint density at radius 1 is 1.50 bits per heavy atom. The Balaban J connectivity index is 2.42. The van der Waals surface area contributed by atoms with Gasteiger partial charge in [-0.2, -0.15) is 4.31 Å². The maximum atomic E-state index is 11.9. The third-order valence-corrected chi connectivity index (χ3v) is 4.67. The zero-order valence-electron chi connectivity index (χ0n) is 10.3. The summed E-state index contributed by atoms with van der Waals surface area (Å²) in [5.74, 6) is 0.151. The van der Waals surface area contributed by atoms with E-state index in [1.165, 1.54) is 4.31 Å². The minimum Gasteiger partial charge on any atom is -0.380 e. The van der Waals surface area contributed by atoms with Crippen molar-refractivity contribution in [3.8, 4) is 0 Å². The Labute approximate surface area is 98.2 Å². The molecule has 5 nitrogen and oxygen atoms in total. The highest BCUT2D eigenvalue weighted by Crippen LogP contribution is 2.14. The molecule has 0 saturated carbocycles. The van der Waals surface area contributed by atoms with E-state index in [9.17, 15) is 8.42 Å². The molecule has 96 valence electrons. The first kappa shape index (κ1) is 13.9. The summed E-state index contributed by atoms with van der Waals surface area (Å²) in [6.45, 7) is 5.68. The molecule has 1 N–H and O–H groups in total. The average Bonchev–Trinajstić information content (AvgIpc) is 2.68. The Morgan fingerprint density at radius 3 is 2.69 bits per heavy atom. The average molecular weight is 250 g/mol. The van der Waals surface area contributed by atoms with Crippen molar-refractivity contribution in [2.75, 3.05) is 32.6 Å². The summed E-state index contributed by atoms with van der Waals surface area (Å²) in [6, 6.07) is 0.333. The molecule has 0 radical (unpaired) electrons. The van der Waals surface area contributed by atoms with Crippen LogP contribution in [0.4, 0.5) is 0 Å². The van der Waals surface area contributed by atoms with Crippen molar-refractivity contribution in [3.05, 3.63) is 0 Å². The summed E-state index contributed by atoms with van der Waals surface area (Å²) >= 11 is 0. The van der Waals surface area contributed by atoms with Gasteiger partial charge in [0.05, 0.1) is 18.4 Å². The van der Waals surface area contributed by atoms with Gasteiger partial charge in [-0.25, -0.2) is 8.42 Å². The normalized spacial score (nSPS) is 22.2. The molecule has 1 rings (SSSR count). The van der Waals surface area contributed by atoms with Gasteiger partial charge in [0, 0.05) is 26.2 Å². The Hall–Kier alpha value is -0.170. The van der Waals surface area contributed by atoms with E-state index in [-0.39, 0.29) is 11.8 Å². The van der Waals surface area contributed by atoms with Crippen LogP contribution in [0.15, 0.2) is 0 Å². The smallest absolute Gasteiger partial charge is 0.215 e. The molecule has 1 fully saturated rings. The largest absolute Gasteiger partial charge is 0.380 e. The van der Waals surface area contributed by atoms with E-state index in [1.54, 1.807) is 7.05 Å². The number of hydrogen-bond donors (Lipinski definition) is 1. The molecular weight excluding hydrogens is 228 g/mol. The number of sulfonamides is 1. The third-order valence-electron chi connectivity index (χ3n) is 2.77. The summed E-state index contributed by atoms with van der Waals surface area (Å²) in [6.07, 6.45) is 0.799. The molecule has 1 unspecified atom stereocenters. The van der Waals surface area contributed by atoms with Gasteiger partial charge in [-0.05, 0) is 6.42 Å². The van der Waals surface area contributed by atoms with Gasteiger partial charge < -0.3 is 10.1 Å². The fraction of sp³-hybridized carbons (Fsp3) is 1.00. The molecule has 16 heavy (non-hydrogen) atoms. The van der Waals surface area contributed by atoms with Gasteiger partial charge in [0.15, 0.2) is 0 Å². The molecule has 0 aromatic carbocycles. The first-order chi connectivity index (χ1) is 7.43. The molecule has 6 heteroatoms. The van der Waals surface area contributed by atoms with Crippen molar-refractivity contribution in [1.29, 1.82) is 0 Å². The monoisotopic (exact) mass is 250 g/mol. The summed E-state index contributed by atoms with van der Waals surface area (Å²) in [7, 11) is -1.51. The fourth-order valence-electron chi connectivity index (χ4n) is 1.66. The lowest BCUT2D eigenvalue weighted by Crippen LogP contribution is -2.41. The molecule has 1 aliphatic heterocycles. The quantitative estimate of drug-likeness (QED) is 0.723. The maximum absolute atomic E-state index is 11.9. The van der Waals surface area contributed by atoms with Crippen molar-refractivity contribution >= 4 is 10.0 Å². The number of likely N-dealkylation sites (N-methyl/N-ethyl adjacent to an activating group) is 1. The zero-order valence-corrected chi connectivity index (χ0v) is 11.1. The maximum Gasteiger partial charge on any atom is 0.215 e. The van der Waals surface area contributed by atoms with Crippen LogP contribution in [-0.2, 0) is 14.8 Å². The molecule has 1 aliphatic rings. The van der Waals surface area contributed by atoms with Crippen molar-refractivity contribution < 1.29 is 13.2 Å². The molecule has 1 heterocycles. The highest BCUT2D eigenvalue weighted by atomic mass is 32.2. The Morgan fingerprint density at radius 2 is 2.19 bits per heavy atom. The van der Waals surface area contributed by atoms with E-state index in [2.05, 4.69) is 5.32 Å². The molecule has 0 aliphatic carbocycles. The van der Waals surface area contributed by atoms with Gasteiger partial charge in [0.25, 0.3) is 0 Å². The zero-order chi connectivity index (χ0) is 12.2. The first-order valence-corrected chi connectivity index (χ1v) is 7.31. The van der Waals surface area contributed by atoms with Crippen LogP contribution in [-0.4, -0.2) is 57.4 Å². The van der Waals surface area contributed by atoms with E-state index in [0.717, 1.165) is 6.42 Å². The number of hydrogen-bond acceptors (Lipinski definition) is 4. The van der Waals surface area contributed by atoms with Crippen molar-refractivity contribution in [1.82, 2.24) is 9.62 Å².